The first-order chi connectivity index (χ1) is 9.00. The van der Waals surface area contributed by atoms with Crippen LogP contribution in [-0.4, -0.2) is 43.5 Å². The molecule has 0 radical (unpaired) electrons. The van der Waals surface area contributed by atoms with Gasteiger partial charge in [-0.25, -0.2) is 8.42 Å². The van der Waals surface area contributed by atoms with E-state index in [9.17, 15) is 18.0 Å². The molecule has 20 heavy (non-hydrogen) atoms. The molecule has 0 spiro atoms. The minimum Gasteiger partial charge on any atom is -0.481 e. The summed E-state index contributed by atoms with van der Waals surface area (Å²) < 4.78 is 22.6. The lowest BCUT2D eigenvalue weighted by atomic mass is 9.84. The van der Waals surface area contributed by atoms with Gasteiger partial charge in [0.15, 0.2) is 9.84 Å². The number of carbonyl (C=O) groups excluding carboxylic acids is 1. The maximum Gasteiger partial charge on any atom is 0.308 e. The number of carbonyl (C=O) groups is 2. The van der Waals surface area contributed by atoms with Crippen molar-refractivity contribution in [2.75, 3.05) is 18.1 Å². The third-order valence-corrected chi connectivity index (χ3v) is 5.10. The second-order valence-corrected chi connectivity index (χ2v) is 8.87. The highest BCUT2D eigenvalue weighted by molar-refractivity contribution is 7.91. The zero-order chi connectivity index (χ0) is 15.6. The summed E-state index contributed by atoms with van der Waals surface area (Å²) in [5.74, 6) is -2.59. The summed E-state index contributed by atoms with van der Waals surface area (Å²) in [4.78, 5) is 23.0. The number of amides is 1. The number of rotatable bonds is 5. The number of nitrogens with one attached hydrogen (secondary N) is 1. The summed E-state index contributed by atoms with van der Waals surface area (Å²) in [6.45, 7) is 5.86. The van der Waals surface area contributed by atoms with E-state index in [0.717, 1.165) is 0 Å². The quantitative estimate of drug-likeness (QED) is 0.777. The predicted molar refractivity (Wildman–Crippen MR) is 75.0 cm³/mol. The monoisotopic (exact) mass is 305 g/mol. The molecule has 1 amide bonds. The normalized spacial score (nSPS) is 23.2. The third-order valence-electron chi connectivity index (χ3n) is 3.33. The largest absolute Gasteiger partial charge is 0.481 e. The maximum absolute atomic E-state index is 11.9. The molecule has 2 atom stereocenters. The van der Waals surface area contributed by atoms with E-state index in [2.05, 4.69) is 5.32 Å². The molecule has 1 rings (SSSR count). The minimum atomic E-state index is -3.10. The molecule has 7 heteroatoms. The molecule has 116 valence electrons. The lowest BCUT2D eigenvalue weighted by Crippen LogP contribution is -2.38. The van der Waals surface area contributed by atoms with E-state index in [4.69, 9.17) is 5.11 Å². The zero-order valence-electron chi connectivity index (χ0n) is 12.2. The van der Waals surface area contributed by atoms with Crippen molar-refractivity contribution < 1.29 is 23.1 Å². The molecule has 6 nitrogen and oxygen atoms in total. The Labute approximate surface area is 119 Å². The summed E-state index contributed by atoms with van der Waals surface area (Å²) >= 11 is 0. The number of sulfone groups is 1. The van der Waals surface area contributed by atoms with Crippen molar-refractivity contribution in [2.45, 2.75) is 33.6 Å². The van der Waals surface area contributed by atoms with Gasteiger partial charge in [0, 0.05) is 6.54 Å². The molecule has 0 aromatic heterocycles. The molecule has 1 fully saturated rings. The molecule has 2 unspecified atom stereocenters. The van der Waals surface area contributed by atoms with Crippen molar-refractivity contribution in [1.82, 2.24) is 5.32 Å². The highest BCUT2D eigenvalue weighted by Gasteiger charge is 2.33. The number of aliphatic carboxylic acids is 1. The van der Waals surface area contributed by atoms with Gasteiger partial charge in [-0.3, -0.25) is 9.59 Å². The van der Waals surface area contributed by atoms with Crippen LogP contribution in [0.4, 0.5) is 0 Å². The standard InChI is InChI=1S/C13H23NO5S/c1-13(2,3)6-10(12(16)17)7-14-11(15)9-4-5-20(18,19)8-9/h9-10H,4-8H2,1-3H3,(H,14,15)(H,16,17). The Morgan fingerprint density at radius 3 is 2.35 bits per heavy atom. The SMILES string of the molecule is CC(C)(C)CC(CNC(=O)C1CCS(=O)(=O)C1)C(=O)O. The lowest BCUT2D eigenvalue weighted by molar-refractivity contribution is -0.142. The van der Waals surface area contributed by atoms with Gasteiger partial charge in [-0.2, -0.15) is 0 Å². The summed E-state index contributed by atoms with van der Waals surface area (Å²) in [7, 11) is -3.10. The Morgan fingerprint density at radius 1 is 1.35 bits per heavy atom. The van der Waals surface area contributed by atoms with Gasteiger partial charge in [-0.05, 0) is 18.3 Å². The molecular weight excluding hydrogens is 282 g/mol. The average molecular weight is 305 g/mol. The molecule has 0 saturated carbocycles. The third kappa shape index (κ3) is 5.48. The van der Waals surface area contributed by atoms with Crippen LogP contribution in [0.1, 0.15) is 33.6 Å². The Balaban J connectivity index is 2.52. The molecular formula is C13H23NO5S. The maximum atomic E-state index is 11.9. The Bertz CT molecular complexity index is 477. The second-order valence-electron chi connectivity index (χ2n) is 6.65. The fourth-order valence-corrected chi connectivity index (χ4v) is 4.10. The van der Waals surface area contributed by atoms with Crippen LogP contribution in [0.5, 0.6) is 0 Å². The van der Waals surface area contributed by atoms with Crippen LogP contribution >= 0.6 is 0 Å². The van der Waals surface area contributed by atoms with E-state index in [1.165, 1.54) is 0 Å². The first-order valence-corrected chi connectivity index (χ1v) is 8.53. The van der Waals surface area contributed by atoms with Crippen LogP contribution in [0.2, 0.25) is 0 Å². The van der Waals surface area contributed by atoms with Gasteiger partial charge in [-0.1, -0.05) is 20.8 Å². The van der Waals surface area contributed by atoms with Crippen LogP contribution in [-0.2, 0) is 19.4 Å². The van der Waals surface area contributed by atoms with Crippen LogP contribution in [0.15, 0.2) is 0 Å². The summed E-state index contributed by atoms with van der Waals surface area (Å²) in [6, 6.07) is 0. The van der Waals surface area contributed by atoms with E-state index < -0.39 is 27.6 Å². The van der Waals surface area contributed by atoms with Crippen molar-refractivity contribution in [3.05, 3.63) is 0 Å². The van der Waals surface area contributed by atoms with Crippen molar-refractivity contribution in [1.29, 1.82) is 0 Å². The van der Waals surface area contributed by atoms with E-state index >= 15 is 0 Å². The van der Waals surface area contributed by atoms with Crippen molar-refractivity contribution in [2.24, 2.45) is 17.3 Å². The summed E-state index contributed by atoms with van der Waals surface area (Å²) in [5, 5.41) is 11.7. The van der Waals surface area contributed by atoms with Gasteiger partial charge >= 0.3 is 5.97 Å². The summed E-state index contributed by atoms with van der Waals surface area (Å²) in [6.07, 6.45) is 0.775. The Hall–Kier alpha value is -1.11. The fourth-order valence-electron chi connectivity index (χ4n) is 2.36. The smallest absolute Gasteiger partial charge is 0.308 e. The van der Waals surface area contributed by atoms with E-state index in [1.54, 1.807) is 0 Å². The van der Waals surface area contributed by atoms with Crippen LogP contribution in [0, 0.1) is 17.3 Å². The van der Waals surface area contributed by atoms with Gasteiger partial charge < -0.3 is 10.4 Å². The minimum absolute atomic E-state index is 0.0371. The number of hydrogen-bond acceptors (Lipinski definition) is 4. The Morgan fingerprint density at radius 2 is 1.95 bits per heavy atom. The van der Waals surface area contributed by atoms with Gasteiger partial charge in [0.25, 0.3) is 0 Å². The summed E-state index contributed by atoms with van der Waals surface area (Å²) in [5.41, 5.74) is -0.148. The fraction of sp³-hybridized carbons (Fsp3) is 0.846. The number of carboxylic acids is 1. The highest BCUT2D eigenvalue weighted by Crippen LogP contribution is 2.24. The molecule has 0 aliphatic carbocycles. The molecule has 1 aliphatic rings. The zero-order valence-corrected chi connectivity index (χ0v) is 13.0. The molecule has 2 N–H and O–H groups in total. The number of hydrogen-bond donors (Lipinski definition) is 2. The second kappa shape index (κ2) is 6.11. The van der Waals surface area contributed by atoms with Crippen LogP contribution < -0.4 is 5.32 Å². The van der Waals surface area contributed by atoms with Gasteiger partial charge in [0.05, 0.1) is 23.3 Å². The highest BCUT2D eigenvalue weighted by atomic mass is 32.2. The molecule has 0 bridgehead atoms. The van der Waals surface area contributed by atoms with Crippen molar-refractivity contribution in [3.8, 4) is 0 Å². The van der Waals surface area contributed by atoms with Gasteiger partial charge in [0.1, 0.15) is 0 Å². The Kier molecular flexibility index (Phi) is 5.18. The topological polar surface area (TPSA) is 101 Å². The van der Waals surface area contributed by atoms with E-state index in [-0.39, 0.29) is 29.4 Å². The van der Waals surface area contributed by atoms with Gasteiger partial charge in [0.2, 0.25) is 5.91 Å². The first kappa shape index (κ1) is 16.9. The molecule has 0 aromatic carbocycles. The molecule has 1 heterocycles. The molecule has 1 saturated heterocycles. The average Bonchev–Trinajstić information content (AvgIpc) is 2.62. The van der Waals surface area contributed by atoms with Crippen LogP contribution in [0.25, 0.3) is 0 Å². The van der Waals surface area contributed by atoms with E-state index in [1.807, 2.05) is 20.8 Å². The molecule has 1 aliphatic heterocycles. The first-order valence-electron chi connectivity index (χ1n) is 6.71. The lowest BCUT2D eigenvalue weighted by Gasteiger charge is -2.23. The van der Waals surface area contributed by atoms with Crippen molar-refractivity contribution in [3.63, 3.8) is 0 Å². The van der Waals surface area contributed by atoms with Gasteiger partial charge in [-0.15, -0.1) is 0 Å². The number of carboxylic acid groups (broad SMARTS) is 1. The van der Waals surface area contributed by atoms with E-state index in [0.29, 0.717) is 12.8 Å². The van der Waals surface area contributed by atoms with Crippen LogP contribution in [0.3, 0.4) is 0 Å². The predicted octanol–water partition coefficient (Wildman–Crippen LogP) is 0.674. The molecule has 0 aromatic rings. The van der Waals surface area contributed by atoms with Crippen molar-refractivity contribution >= 4 is 21.7 Å².